The molecular formula is C15H15FN2O2S. The number of nitrogens with one attached hydrogen (secondary N) is 2. The molecule has 0 saturated carbocycles. The number of benzene rings is 1. The Morgan fingerprint density at radius 1 is 1.24 bits per heavy atom. The molecule has 1 aromatic carbocycles. The summed E-state index contributed by atoms with van der Waals surface area (Å²) in [5.74, 6) is -1.41. The van der Waals surface area contributed by atoms with Crippen molar-refractivity contribution in [2.45, 2.75) is 13.3 Å². The van der Waals surface area contributed by atoms with Crippen LogP contribution in [0.25, 0.3) is 0 Å². The number of carbonyl (C=O) groups is 2. The van der Waals surface area contributed by atoms with Crippen molar-refractivity contribution in [2.75, 3.05) is 12.4 Å². The zero-order valence-electron chi connectivity index (χ0n) is 11.7. The van der Waals surface area contributed by atoms with Crippen LogP contribution in [-0.4, -0.2) is 18.9 Å². The molecule has 0 aliphatic carbocycles. The summed E-state index contributed by atoms with van der Waals surface area (Å²) < 4.78 is 13.6. The maximum absolute atomic E-state index is 13.6. The Hall–Kier alpha value is -2.21. The number of hydrogen-bond acceptors (Lipinski definition) is 3. The lowest BCUT2D eigenvalue weighted by atomic mass is 10.1. The number of rotatable bonds is 4. The van der Waals surface area contributed by atoms with E-state index >= 15 is 0 Å². The summed E-state index contributed by atoms with van der Waals surface area (Å²) in [5.41, 5.74) is 1.25. The third-order valence-corrected chi connectivity index (χ3v) is 3.99. The predicted molar refractivity (Wildman–Crippen MR) is 81.4 cm³/mol. The van der Waals surface area contributed by atoms with Crippen LogP contribution in [0.1, 0.15) is 32.5 Å². The van der Waals surface area contributed by atoms with Crippen LogP contribution in [0, 0.1) is 5.82 Å². The highest BCUT2D eigenvalue weighted by Gasteiger charge is 2.15. The third kappa shape index (κ3) is 3.28. The fraction of sp³-hybridized carbons (Fsp3) is 0.200. The maximum atomic E-state index is 13.6. The smallest absolute Gasteiger partial charge is 0.266 e. The summed E-state index contributed by atoms with van der Waals surface area (Å²) in [5, 5.41) is 6.90. The molecule has 0 radical (unpaired) electrons. The lowest BCUT2D eigenvalue weighted by molar-refractivity contribution is 0.0957. The Morgan fingerprint density at radius 2 is 2.00 bits per heavy atom. The molecule has 0 saturated heterocycles. The highest BCUT2D eigenvalue weighted by molar-refractivity contribution is 7.12. The minimum Gasteiger partial charge on any atom is -0.355 e. The molecule has 2 rings (SSSR count). The molecule has 0 spiro atoms. The van der Waals surface area contributed by atoms with E-state index in [0.29, 0.717) is 10.6 Å². The normalized spacial score (nSPS) is 10.2. The first-order valence-corrected chi connectivity index (χ1v) is 7.34. The summed E-state index contributed by atoms with van der Waals surface area (Å²) in [6.45, 7) is 1.97. The van der Waals surface area contributed by atoms with E-state index in [9.17, 15) is 14.0 Å². The minimum atomic E-state index is -0.627. The van der Waals surface area contributed by atoms with Gasteiger partial charge >= 0.3 is 0 Å². The molecule has 2 amide bonds. The number of anilines is 1. The van der Waals surface area contributed by atoms with Gasteiger partial charge in [0.15, 0.2) is 0 Å². The van der Waals surface area contributed by atoms with Crippen LogP contribution in [0.15, 0.2) is 29.6 Å². The van der Waals surface area contributed by atoms with Crippen molar-refractivity contribution in [3.63, 3.8) is 0 Å². The van der Waals surface area contributed by atoms with Crippen molar-refractivity contribution in [1.29, 1.82) is 0 Å². The van der Waals surface area contributed by atoms with Gasteiger partial charge in [0.2, 0.25) is 0 Å². The highest BCUT2D eigenvalue weighted by atomic mass is 32.1. The second kappa shape index (κ2) is 6.49. The number of carbonyl (C=O) groups excluding carboxylic acids is 2. The molecule has 0 unspecified atom stereocenters. The van der Waals surface area contributed by atoms with E-state index in [2.05, 4.69) is 10.6 Å². The number of amides is 2. The predicted octanol–water partition coefficient (Wildman–Crippen LogP) is 3.06. The monoisotopic (exact) mass is 306 g/mol. The summed E-state index contributed by atoms with van der Waals surface area (Å²) in [4.78, 5) is 24.4. The van der Waals surface area contributed by atoms with Crippen LogP contribution < -0.4 is 10.6 Å². The van der Waals surface area contributed by atoms with Crippen LogP contribution in [0.3, 0.4) is 0 Å². The highest BCUT2D eigenvalue weighted by Crippen LogP contribution is 2.20. The zero-order valence-corrected chi connectivity index (χ0v) is 12.5. The molecule has 1 aromatic heterocycles. The first-order valence-electron chi connectivity index (χ1n) is 6.46. The number of hydrogen-bond donors (Lipinski definition) is 2. The van der Waals surface area contributed by atoms with E-state index in [4.69, 9.17) is 0 Å². The van der Waals surface area contributed by atoms with E-state index in [1.165, 1.54) is 30.5 Å². The van der Waals surface area contributed by atoms with Gasteiger partial charge in [-0.2, -0.15) is 0 Å². The van der Waals surface area contributed by atoms with Gasteiger partial charge in [0.05, 0.1) is 10.4 Å². The van der Waals surface area contributed by atoms with Gasteiger partial charge in [-0.3, -0.25) is 9.59 Å². The number of aryl methyl sites for hydroxylation is 1. The molecule has 2 aromatic rings. The van der Waals surface area contributed by atoms with Gasteiger partial charge in [0.1, 0.15) is 5.82 Å². The lowest BCUT2D eigenvalue weighted by Crippen LogP contribution is -2.20. The van der Waals surface area contributed by atoms with Gasteiger partial charge in [0.25, 0.3) is 11.8 Å². The Bertz CT molecular complexity index is 682. The van der Waals surface area contributed by atoms with E-state index in [1.807, 2.05) is 18.4 Å². The van der Waals surface area contributed by atoms with Gasteiger partial charge < -0.3 is 10.6 Å². The van der Waals surface area contributed by atoms with Crippen LogP contribution >= 0.6 is 11.3 Å². The molecular weight excluding hydrogens is 291 g/mol. The number of halogens is 1. The molecule has 2 N–H and O–H groups in total. The van der Waals surface area contributed by atoms with Crippen LogP contribution in [0.4, 0.5) is 10.1 Å². The average Bonchev–Trinajstić information content (AvgIpc) is 2.97. The molecule has 0 fully saturated rings. The molecule has 21 heavy (non-hydrogen) atoms. The molecule has 0 atom stereocenters. The molecule has 6 heteroatoms. The van der Waals surface area contributed by atoms with Gasteiger partial charge in [0, 0.05) is 12.7 Å². The fourth-order valence-electron chi connectivity index (χ4n) is 1.91. The van der Waals surface area contributed by atoms with Crippen LogP contribution in [0.5, 0.6) is 0 Å². The van der Waals surface area contributed by atoms with E-state index in [0.717, 1.165) is 18.1 Å². The van der Waals surface area contributed by atoms with E-state index < -0.39 is 11.7 Å². The van der Waals surface area contributed by atoms with Gasteiger partial charge in [-0.25, -0.2) is 4.39 Å². The largest absolute Gasteiger partial charge is 0.355 e. The second-order valence-corrected chi connectivity index (χ2v) is 5.27. The van der Waals surface area contributed by atoms with Gasteiger partial charge in [-0.05, 0) is 41.6 Å². The van der Waals surface area contributed by atoms with Crippen molar-refractivity contribution in [1.82, 2.24) is 5.32 Å². The van der Waals surface area contributed by atoms with Crippen LogP contribution in [-0.2, 0) is 6.42 Å². The summed E-state index contributed by atoms with van der Waals surface area (Å²) in [6.07, 6.45) is 0.763. The number of thiophene rings is 1. The first kappa shape index (κ1) is 15.2. The maximum Gasteiger partial charge on any atom is 0.266 e. The molecule has 1 heterocycles. The Morgan fingerprint density at radius 3 is 2.67 bits per heavy atom. The Labute approximate surface area is 126 Å². The molecule has 0 aliphatic heterocycles. The van der Waals surface area contributed by atoms with Crippen molar-refractivity contribution >= 4 is 28.8 Å². The second-order valence-electron chi connectivity index (χ2n) is 4.36. The standard InChI is InChI=1S/C15H15FN2O2S/c1-3-9-6-7-21-13(9)15(20)18-10-4-5-12(16)11(8-10)14(19)17-2/h4-8H,3H2,1-2H3,(H,17,19)(H,18,20). The third-order valence-electron chi connectivity index (χ3n) is 3.03. The first-order chi connectivity index (χ1) is 10.1. The SMILES string of the molecule is CCc1ccsc1C(=O)Nc1ccc(F)c(C(=O)NC)c1. The Balaban J connectivity index is 2.24. The van der Waals surface area contributed by atoms with Gasteiger partial charge in [-0.15, -0.1) is 11.3 Å². The van der Waals surface area contributed by atoms with Crippen molar-refractivity contribution in [3.8, 4) is 0 Å². The average molecular weight is 306 g/mol. The molecule has 0 bridgehead atoms. The summed E-state index contributed by atoms with van der Waals surface area (Å²) in [7, 11) is 1.42. The molecule has 4 nitrogen and oxygen atoms in total. The van der Waals surface area contributed by atoms with Crippen molar-refractivity contribution in [2.24, 2.45) is 0 Å². The topological polar surface area (TPSA) is 58.2 Å². The minimum absolute atomic E-state index is 0.0998. The fourth-order valence-corrected chi connectivity index (χ4v) is 2.80. The van der Waals surface area contributed by atoms with Gasteiger partial charge in [-0.1, -0.05) is 6.92 Å². The van der Waals surface area contributed by atoms with E-state index in [-0.39, 0.29) is 11.5 Å². The summed E-state index contributed by atoms with van der Waals surface area (Å²) in [6, 6.07) is 5.82. The van der Waals surface area contributed by atoms with E-state index in [1.54, 1.807) is 0 Å². The Kier molecular flexibility index (Phi) is 4.70. The zero-order chi connectivity index (χ0) is 15.4. The van der Waals surface area contributed by atoms with Crippen molar-refractivity contribution in [3.05, 3.63) is 51.5 Å². The van der Waals surface area contributed by atoms with Crippen LogP contribution in [0.2, 0.25) is 0 Å². The molecule has 0 aliphatic rings. The summed E-state index contributed by atoms with van der Waals surface area (Å²) >= 11 is 1.35. The quantitative estimate of drug-likeness (QED) is 0.912. The molecule has 110 valence electrons. The lowest BCUT2D eigenvalue weighted by Gasteiger charge is -2.08. The van der Waals surface area contributed by atoms with Crippen molar-refractivity contribution < 1.29 is 14.0 Å².